The summed E-state index contributed by atoms with van der Waals surface area (Å²) in [5.74, 6) is -0.102. The molecule has 0 aliphatic rings. The molecule has 0 aliphatic heterocycles. The highest BCUT2D eigenvalue weighted by Gasteiger charge is 2.13. The molecule has 1 N–H and O–H groups in total. The van der Waals surface area contributed by atoms with Crippen LogP contribution in [0.25, 0.3) is 11.3 Å². The van der Waals surface area contributed by atoms with E-state index in [0.29, 0.717) is 17.1 Å². The molecular formula is C12H9BrO4. The zero-order valence-electron chi connectivity index (χ0n) is 8.94. The Bertz CT molecular complexity index is 559. The van der Waals surface area contributed by atoms with Crippen molar-refractivity contribution in [3.8, 4) is 17.1 Å². The molecule has 17 heavy (non-hydrogen) atoms. The van der Waals surface area contributed by atoms with E-state index in [1.54, 1.807) is 25.3 Å². The fraction of sp³-hybridized carbons (Fsp3) is 0.0833. The minimum absolute atomic E-state index is 0.0926. The van der Waals surface area contributed by atoms with Crippen molar-refractivity contribution in [2.24, 2.45) is 0 Å². The van der Waals surface area contributed by atoms with E-state index in [2.05, 4.69) is 15.9 Å². The van der Waals surface area contributed by atoms with Crippen molar-refractivity contribution in [2.45, 2.75) is 0 Å². The number of furan rings is 1. The van der Waals surface area contributed by atoms with Crippen molar-refractivity contribution in [3.63, 3.8) is 0 Å². The third kappa shape index (κ3) is 2.34. The molecule has 0 amide bonds. The Balaban J connectivity index is 2.48. The van der Waals surface area contributed by atoms with Crippen LogP contribution in [0.2, 0.25) is 0 Å². The third-order valence-electron chi connectivity index (χ3n) is 2.25. The molecule has 0 bridgehead atoms. The quantitative estimate of drug-likeness (QED) is 0.943. The van der Waals surface area contributed by atoms with Crippen LogP contribution in [0.15, 0.2) is 39.2 Å². The molecule has 88 valence electrons. The summed E-state index contributed by atoms with van der Waals surface area (Å²) < 4.78 is 11.3. The van der Waals surface area contributed by atoms with Crippen molar-refractivity contribution < 1.29 is 19.1 Å². The van der Waals surface area contributed by atoms with E-state index < -0.39 is 5.97 Å². The molecule has 0 atom stereocenters. The van der Waals surface area contributed by atoms with Crippen LogP contribution in [0.5, 0.6) is 5.75 Å². The van der Waals surface area contributed by atoms with Crippen LogP contribution in [-0.2, 0) is 0 Å². The lowest BCUT2D eigenvalue weighted by Gasteiger charge is -2.06. The second kappa shape index (κ2) is 4.63. The van der Waals surface area contributed by atoms with Gasteiger partial charge in [-0.05, 0) is 30.3 Å². The van der Waals surface area contributed by atoms with Crippen LogP contribution in [0.4, 0.5) is 0 Å². The molecule has 4 nitrogen and oxygen atoms in total. The normalized spacial score (nSPS) is 10.2. The van der Waals surface area contributed by atoms with Crippen LogP contribution in [0.3, 0.4) is 0 Å². The van der Waals surface area contributed by atoms with Crippen molar-refractivity contribution in [2.75, 3.05) is 7.11 Å². The number of carboxylic acid groups (broad SMARTS) is 1. The first kappa shape index (κ1) is 11.7. The number of rotatable bonds is 3. The summed E-state index contributed by atoms with van der Waals surface area (Å²) in [6.07, 6.45) is 0. The van der Waals surface area contributed by atoms with Crippen molar-refractivity contribution in [1.82, 2.24) is 0 Å². The molecule has 2 rings (SSSR count). The summed E-state index contributed by atoms with van der Waals surface area (Å²) in [7, 11) is 1.55. The van der Waals surface area contributed by atoms with Gasteiger partial charge in [0, 0.05) is 4.47 Å². The number of aromatic carboxylic acids is 1. The van der Waals surface area contributed by atoms with Gasteiger partial charge in [-0.15, -0.1) is 0 Å². The molecule has 0 unspecified atom stereocenters. The predicted octanol–water partition coefficient (Wildman–Crippen LogP) is 3.42. The van der Waals surface area contributed by atoms with Gasteiger partial charge in [-0.3, -0.25) is 0 Å². The molecule has 0 spiro atoms. The van der Waals surface area contributed by atoms with E-state index >= 15 is 0 Å². The molecular weight excluding hydrogens is 288 g/mol. The van der Waals surface area contributed by atoms with Crippen molar-refractivity contribution >= 4 is 21.9 Å². The minimum atomic E-state index is -1.09. The number of hydrogen-bond acceptors (Lipinski definition) is 3. The van der Waals surface area contributed by atoms with Gasteiger partial charge in [0.1, 0.15) is 11.5 Å². The second-order valence-corrected chi connectivity index (χ2v) is 4.23. The number of methoxy groups -OCH3 is 1. The van der Waals surface area contributed by atoms with E-state index in [1.165, 1.54) is 6.07 Å². The van der Waals surface area contributed by atoms with Gasteiger partial charge in [0.25, 0.3) is 0 Å². The van der Waals surface area contributed by atoms with Gasteiger partial charge < -0.3 is 14.3 Å². The number of benzene rings is 1. The van der Waals surface area contributed by atoms with Gasteiger partial charge >= 0.3 is 5.97 Å². The lowest BCUT2D eigenvalue weighted by molar-refractivity contribution is 0.0663. The van der Waals surface area contributed by atoms with Gasteiger partial charge in [-0.2, -0.15) is 0 Å². The van der Waals surface area contributed by atoms with E-state index in [-0.39, 0.29) is 5.76 Å². The van der Waals surface area contributed by atoms with E-state index in [0.717, 1.165) is 4.47 Å². The van der Waals surface area contributed by atoms with Gasteiger partial charge in [-0.1, -0.05) is 15.9 Å². The largest absolute Gasteiger partial charge is 0.496 e. The van der Waals surface area contributed by atoms with E-state index in [4.69, 9.17) is 14.3 Å². The first-order chi connectivity index (χ1) is 8.11. The highest BCUT2D eigenvalue weighted by Crippen LogP contribution is 2.33. The first-order valence-corrected chi connectivity index (χ1v) is 5.58. The molecule has 5 heteroatoms. The number of halogens is 1. The predicted molar refractivity (Wildman–Crippen MR) is 65.4 cm³/mol. The maximum Gasteiger partial charge on any atom is 0.371 e. The summed E-state index contributed by atoms with van der Waals surface area (Å²) in [6.45, 7) is 0. The molecule has 1 heterocycles. The lowest BCUT2D eigenvalue weighted by Crippen LogP contribution is -1.91. The summed E-state index contributed by atoms with van der Waals surface area (Å²) in [4.78, 5) is 10.7. The highest BCUT2D eigenvalue weighted by atomic mass is 79.9. The van der Waals surface area contributed by atoms with Crippen LogP contribution in [0.1, 0.15) is 10.6 Å². The molecule has 1 aromatic heterocycles. The maximum absolute atomic E-state index is 10.7. The Hall–Kier alpha value is -1.75. The number of ether oxygens (including phenoxy) is 1. The summed E-state index contributed by atoms with van der Waals surface area (Å²) in [5.41, 5.74) is 0.711. The Morgan fingerprint density at radius 3 is 2.71 bits per heavy atom. The third-order valence-corrected chi connectivity index (χ3v) is 2.74. The molecule has 0 saturated carbocycles. The Morgan fingerprint density at radius 1 is 1.35 bits per heavy atom. The van der Waals surface area contributed by atoms with Crippen LogP contribution in [-0.4, -0.2) is 18.2 Å². The highest BCUT2D eigenvalue weighted by molar-refractivity contribution is 9.10. The van der Waals surface area contributed by atoms with Crippen LogP contribution in [0, 0.1) is 0 Å². The van der Waals surface area contributed by atoms with Gasteiger partial charge in [0.05, 0.1) is 12.7 Å². The maximum atomic E-state index is 10.7. The summed E-state index contributed by atoms with van der Waals surface area (Å²) in [5, 5.41) is 8.78. The summed E-state index contributed by atoms with van der Waals surface area (Å²) >= 11 is 3.33. The topological polar surface area (TPSA) is 59.7 Å². The number of hydrogen-bond donors (Lipinski definition) is 1. The van der Waals surface area contributed by atoms with Crippen LogP contribution >= 0.6 is 15.9 Å². The second-order valence-electron chi connectivity index (χ2n) is 3.31. The SMILES string of the molecule is COc1cc(Br)ccc1-c1ccc(C(=O)O)o1. The molecule has 0 aliphatic carbocycles. The summed E-state index contributed by atoms with van der Waals surface area (Å²) in [6, 6.07) is 8.45. The molecule has 2 aromatic rings. The van der Waals surface area contributed by atoms with E-state index in [1.807, 2.05) is 6.07 Å². The Morgan fingerprint density at radius 2 is 2.12 bits per heavy atom. The van der Waals surface area contributed by atoms with E-state index in [9.17, 15) is 4.79 Å². The Kier molecular flexibility index (Phi) is 3.19. The molecule has 0 fully saturated rings. The van der Waals surface area contributed by atoms with Crippen molar-refractivity contribution in [1.29, 1.82) is 0 Å². The van der Waals surface area contributed by atoms with Gasteiger partial charge in [-0.25, -0.2) is 4.79 Å². The van der Waals surface area contributed by atoms with Gasteiger partial charge in [0.15, 0.2) is 0 Å². The lowest BCUT2D eigenvalue weighted by atomic mass is 10.1. The first-order valence-electron chi connectivity index (χ1n) is 4.79. The van der Waals surface area contributed by atoms with Crippen molar-refractivity contribution in [3.05, 3.63) is 40.6 Å². The number of carbonyl (C=O) groups is 1. The molecule has 0 radical (unpaired) electrons. The standard InChI is InChI=1S/C12H9BrO4/c1-16-11-6-7(13)2-3-8(11)9-4-5-10(17-9)12(14)15/h2-6H,1H3,(H,14,15). The zero-order chi connectivity index (χ0) is 12.4. The number of carboxylic acids is 1. The van der Waals surface area contributed by atoms with Crippen LogP contribution < -0.4 is 4.74 Å². The Labute approximate surface area is 106 Å². The molecule has 1 aromatic carbocycles. The molecule has 0 saturated heterocycles. The smallest absolute Gasteiger partial charge is 0.371 e. The fourth-order valence-electron chi connectivity index (χ4n) is 1.47. The monoisotopic (exact) mass is 296 g/mol. The average Bonchev–Trinajstić information content (AvgIpc) is 2.78. The average molecular weight is 297 g/mol. The minimum Gasteiger partial charge on any atom is -0.496 e. The zero-order valence-corrected chi connectivity index (χ0v) is 10.5. The fourth-order valence-corrected chi connectivity index (χ4v) is 1.81. The van der Waals surface area contributed by atoms with Gasteiger partial charge in [0.2, 0.25) is 5.76 Å².